The molecule has 0 bridgehead atoms. The summed E-state index contributed by atoms with van der Waals surface area (Å²) in [7, 11) is 0. The van der Waals surface area contributed by atoms with Gasteiger partial charge in [0, 0.05) is 45.2 Å². The van der Waals surface area contributed by atoms with Crippen LogP contribution in [0.4, 0.5) is 0 Å². The number of nitrogens with one attached hydrogen (secondary N) is 2. The number of halogens is 1. The van der Waals surface area contributed by atoms with Crippen LogP contribution in [-0.4, -0.2) is 112 Å². The molecule has 0 aliphatic carbocycles. The third-order valence-corrected chi connectivity index (χ3v) is 13.4. The van der Waals surface area contributed by atoms with Crippen molar-refractivity contribution in [1.29, 1.82) is 0 Å². The third-order valence-electron chi connectivity index (χ3n) is 13.4. The van der Waals surface area contributed by atoms with E-state index in [0.717, 1.165) is 95.9 Å². The molecule has 0 aromatic carbocycles. The third kappa shape index (κ3) is 13.5. The molecule has 5 aliphatic heterocycles. The number of amides is 1. The maximum Gasteiger partial charge on any atom is 0.353 e. The summed E-state index contributed by atoms with van der Waals surface area (Å²) in [5.74, 6) is -0.378. The fourth-order valence-electron chi connectivity index (χ4n) is 10.3. The highest BCUT2D eigenvalue weighted by Gasteiger charge is 2.71. The molecule has 340 valence electrons. The molecule has 0 radical (unpaired) electrons. The van der Waals surface area contributed by atoms with Gasteiger partial charge in [-0.3, -0.25) is 9.59 Å². The molecule has 1 amide bonds. The van der Waals surface area contributed by atoms with Crippen molar-refractivity contribution in [2.45, 2.75) is 216 Å². The summed E-state index contributed by atoms with van der Waals surface area (Å²) in [6.45, 7) is 6.46. The van der Waals surface area contributed by atoms with Gasteiger partial charge in [-0.25, -0.2) is 15.2 Å². The van der Waals surface area contributed by atoms with Crippen LogP contribution in [-0.2, 0) is 23.8 Å². The SMILES string of the molecule is CC[C@H]1C=CCC[C@@]2(C[C@@H]3CC[C@]4(O)[C@@H](C(=O)OCCCCCCCCCCCCCCCC(=O)N(CCCN)CC(O)CCN)[C@@]5(CCC[C@@H](C)O5)NC(=[N+]34)N2)O1.[Cl-]. The lowest BCUT2D eigenvalue weighted by Gasteiger charge is -2.52. The molecule has 0 aromatic heterocycles. The van der Waals surface area contributed by atoms with E-state index >= 15 is 0 Å². The Kier molecular flexibility index (Phi) is 20.7. The Labute approximate surface area is 361 Å². The van der Waals surface area contributed by atoms with Crippen LogP contribution in [0.25, 0.3) is 0 Å². The lowest BCUT2D eigenvalue weighted by molar-refractivity contribution is -0.690. The monoisotopic (exact) mass is 853 g/mol. The summed E-state index contributed by atoms with van der Waals surface area (Å²) >= 11 is 0. The van der Waals surface area contributed by atoms with E-state index in [1.807, 2.05) is 4.58 Å². The average molecular weight is 854 g/mol. The molecule has 2 fully saturated rings. The summed E-state index contributed by atoms with van der Waals surface area (Å²) in [5, 5.41) is 30.1. The summed E-state index contributed by atoms with van der Waals surface area (Å²) < 4.78 is 21.5. The van der Waals surface area contributed by atoms with Gasteiger partial charge in [0.15, 0.2) is 11.6 Å². The molecular weight excluding hydrogens is 772 g/mol. The minimum atomic E-state index is -1.40. The number of carbonyl (C=O) groups is 2. The van der Waals surface area contributed by atoms with Gasteiger partial charge in [0.25, 0.3) is 0 Å². The molecule has 13 nitrogen and oxygen atoms in total. The van der Waals surface area contributed by atoms with Gasteiger partial charge in [0.1, 0.15) is 0 Å². The first-order chi connectivity index (χ1) is 28.1. The molecule has 5 rings (SSSR count). The Morgan fingerprint density at radius 3 is 2.25 bits per heavy atom. The number of esters is 1. The molecule has 2 saturated heterocycles. The van der Waals surface area contributed by atoms with Crippen molar-refractivity contribution in [3.05, 3.63) is 12.2 Å². The number of nitrogens with zero attached hydrogens (tertiary/aromatic N) is 2. The molecule has 0 saturated carbocycles. The van der Waals surface area contributed by atoms with Crippen molar-refractivity contribution < 1.29 is 51.0 Å². The Morgan fingerprint density at radius 1 is 0.932 bits per heavy atom. The fraction of sp³-hybridized carbons (Fsp3) is 0.889. The molecule has 8 N–H and O–H groups in total. The predicted octanol–water partition coefficient (Wildman–Crippen LogP) is 2.44. The summed E-state index contributed by atoms with van der Waals surface area (Å²) in [6.07, 6.45) is 27.4. The molecule has 8 atom stereocenters. The number of guanidine groups is 1. The Balaban J connectivity index is 0.00000769. The largest absolute Gasteiger partial charge is 1.00 e. The van der Waals surface area contributed by atoms with Gasteiger partial charge in [-0.1, -0.05) is 89.7 Å². The van der Waals surface area contributed by atoms with Crippen LogP contribution in [0.15, 0.2) is 12.2 Å². The quantitative estimate of drug-likeness (QED) is 0.0344. The van der Waals surface area contributed by atoms with Gasteiger partial charge in [-0.2, -0.15) is 0 Å². The zero-order valence-corrected chi connectivity index (χ0v) is 37.4. The maximum atomic E-state index is 14.1. The highest BCUT2D eigenvalue weighted by molar-refractivity contribution is 5.82. The number of rotatable bonds is 25. The Hall–Kier alpha value is -2.00. The van der Waals surface area contributed by atoms with Crippen molar-refractivity contribution in [3.63, 3.8) is 0 Å². The van der Waals surface area contributed by atoms with Gasteiger partial charge in [0.2, 0.25) is 17.4 Å². The van der Waals surface area contributed by atoms with E-state index in [9.17, 15) is 19.8 Å². The van der Waals surface area contributed by atoms with Crippen molar-refractivity contribution >= 4 is 17.8 Å². The number of ether oxygens (including phenoxy) is 3. The average Bonchev–Trinajstić information content (AvgIpc) is 3.40. The predicted molar refractivity (Wildman–Crippen MR) is 227 cm³/mol. The second-order valence-electron chi connectivity index (χ2n) is 18.1. The molecule has 59 heavy (non-hydrogen) atoms. The van der Waals surface area contributed by atoms with Crippen molar-refractivity contribution in [1.82, 2.24) is 15.5 Å². The molecule has 1 unspecified atom stereocenters. The first-order valence-electron chi connectivity index (χ1n) is 23.6. The maximum absolute atomic E-state index is 14.1. The van der Waals surface area contributed by atoms with E-state index in [-0.39, 0.29) is 42.5 Å². The number of aliphatic hydroxyl groups excluding tert-OH is 1. The number of allylic oxidation sites excluding steroid dienone is 1. The van der Waals surface area contributed by atoms with E-state index in [4.69, 9.17) is 25.7 Å². The molecule has 14 heteroatoms. The molecule has 5 aliphatic rings. The Bertz CT molecular complexity index is 1360. The van der Waals surface area contributed by atoms with Gasteiger partial charge < -0.3 is 53.2 Å². The summed E-state index contributed by atoms with van der Waals surface area (Å²) in [6, 6.07) is 0.0462. The van der Waals surface area contributed by atoms with Crippen LogP contribution in [0, 0.1) is 5.92 Å². The Morgan fingerprint density at radius 2 is 1.61 bits per heavy atom. The smallest absolute Gasteiger partial charge is 0.353 e. The van der Waals surface area contributed by atoms with Crippen LogP contribution >= 0.6 is 0 Å². The molecule has 0 aromatic rings. The zero-order valence-electron chi connectivity index (χ0n) is 36.6. The van der Waals surface area contributed by atoms with E-state index < -0.39 is 29.2 Å². The number of hydrogen-bond donors (Lipinski definition) is 6. The number of aliphatic hydroxyl groups is 2. The lowest BCUT2D eigenvalue weighted by Crippen LogP contribution is -3.00. The lowest BCUT2D eigenvalue weighted by atomic mass is 9.78. The summed E-state index contributed by atoms with van der Waals surface area (Å²) in [4.78, 5) is 28.6. The van der Waals surface area contributed by atoms with Crippen molar-refractivity contribution in [3.8, 4) is 0 Å². The zero-order chi connectivity index (χ0) is 41.4. The molecular formula is C45H81ClN6O7. The van der Waals surface area contributed by atoms with Gasteiger partial charge in [0.05, 0.1) is 31.0 Å². The topological polar surface area (TPSA) is 185 Å². The second-order valence-corrected chi connectivity index (χ2v) is 18.1. The molecule has 5 heterocycles. The van der Waals surface area contributed by atoms with Crippen molar-refractivity contribution in [2.75, 3.05) is 32.8 Å². The van der Waals surface area contributed by atoms with Crippen LogP contribution in [0.1, 0.15) is 174 Å². The second kappa shape index (κ2) is 24.6. The first-order valence-corrected chi connectivity index (χ1v) is 23.6. The van der Waals surface area contributed by atoms with Crippen LogP contribution in [0.3, 0.4) is 0 Å². The van der Waals surface area contributed by atoms with Gasteiger partial charge in [-0.05, 0) is 77.8 Å². The number of nitrogens with two attached hydrogens (primary N) is 2. The number of hydrogen-bond acceptors (Lipinski definition) is 11. The van der Waals surface area contributed by atoms with E-state index in [1.54, 1.807) is 4.90 Å². The van der Waals surface area contributed by atoms with Gasteiger partial charge in [-0.15, -0.1) is 0 Å². The minimum absolute atomic E-state index is 0. The van der Waals surface area contributed by atoms with E-state index in [0.29, 0.717) is 58.5 Å². The van der Waals surface area contributed by atoms with Gasteiger partial charge >= 0.3 is 11.9 Å². The normalized spacial score (nSPS) is 30.3. The highest BCUT2D eigenvalue weighted by Crippen LogP contribution is 2.50. The molecule has 2 spiro atoms. The number of unbranched alkanes of at least 4 members (excludes halogenated alkanes) is 12. The minimum Gasteiger partial charge on any atom is -1.00 e. The first kappa shape index (κ1) is 49.7. The van der Waals surface area contributed by atoms with E-state index in [1.165, 1.54) is 44.9 Å². The van der Waals surface area contributed by atoms with Crippen LogP contribution < -0.4 is 34.5 Å². The number of carbonyl (C=O) groups excluding carboxylic acids is 2. The summed E-state index contributed by atoms with van der Waals surface area (Å²) in [5.41, 5.74) is 8.22. The standard InChI is InChI=1S/C45H80N6O7.ClH/c1-3-38-22-16-17-26-43(58-38)33-36-24-28-45(55)40(44(27-19-21-35(2)57-44)49-42(48-43)51(36)45)41(54)56-32-18-14-12-10-8-6-4-5-7-9-11-13-15-23-39(53)50(31-20-29-46)34-37(52)25-30-47;/h16,22,35-38,40,52,55H,3-15,17-21,23-34,46-47H2,1-2H3,(H,48,49);1H/t35-,36+,37?,38+,40+,43+,44+,45+;/m1./s1. The highest BCUT2D eigenvalue weighted by atomic mass is 35.5. The van der Waals surface area contributed by atoms with Crippen LogP contribution in [0.2, 0.25) is 0 Å². The van der Waals surface area contributed by atoms with E-state index in [2.05, 4.69) is 36.6 Å². The van der Waals surface area contributed by atoms with Crippen molar-refractivity contribution in [2.24, 2.45) is 17.4 Å². The fourth-order valence-corrected chi connectivity index (χ4v) is 10.3. The van der Waals surface area contributed by atoms with Crippen LogP contribution in [0.5, 0.6) is 0 Å².